The Morgan fingerprint density at radius 2 is 2.27 bits per heavy atom. The van der Waals surface area contributed by atoms with Gasteiger partial charge in [0.25, 0.3) is 0 Å². The molecule has 0 aromatic rings. The van der Waals surface area contributed by atoms with Gasteiger partial charge < -0.3 is 15.8 Å². The molecule has 3 nitrogen and oxygen atoms in total. The Morgan fingerprint density at radius 1 is 1.47 bits per heavy atom. The Kier molecular flexibility index (Phi) is 6.22. The van der Waals surface area contributed by atoms with Crippen molar-refractivity contribution in [1.29, 1.82) is 0 Å². The molecule has 2 atom stereocenters. The van der Waals surface area contributed by atoms with Crippen LogP contribution in [-0.2, 0) is 4.74 Å². The van der Waals surface area contributed by atoms with Crippen molar-refractivity contribution in [2.45, 2.75) is 51.7 Å². The molecule has 0 aliphatic carbocycles. The van der Waals surface area contributed by atoms with Crippen molar-refractivity contribution < 1.29 is 4.74 Å². The van der Waals surface area contributed by atoms with Crippen molar-refractivity contribution in [2.75, 3.05) is 19.7 Å². The second-order valence-corrected chi connectivity index (χ2v) is 5.02. The first-order chi connectivity index (χ1) is 7.18. The largest absolute Gasteiger partial charge is 0.378 e. The number of nitrogens with one attached hydrogen (secondary N) is 1. The lowest BCUT2D eigenvalue weighted by Crippen LogP contribution is -2.36. The summed E-state index contributed by atoms with van der Waals surface area (Å²) in [5, 5.41) is 3.41. The Hall–Kier alpha value is -0.120. The first-order valence-corrected chi connectivity index (χ1v) is 6.26. The zero-order valence-electron chi connectivity index (χ0n) is 10.2. The van der Waals surface area contributed by atoms with Crippen molar-refractivity contribution >= 4 is 0 Å². The third kappa shape index (κ3) is 6.13. The van der Waals surface area contributed by atoms with Crippen LogP contribution in [-0.4, -0.2) is 31.8 Å². The van der Waals surface area contributed by atoms with Gasteiger partial charge >= 0.3 is 0 Å². The van der Waals surface area contributed by atoms with E-state index in [-0.39, 0.29) is 0 Å². The molecule has 1 fully saturated rings. The molecule has 0 aromatic heterocycles. The topological polar surface area (TPSA) is 47.3 Å². The highest BCUT2D eigenvalue weighted by molar-refractivity contribution is 4.69. The molecule has 90 valence electrons. The Labute approximate surface area is 93.8 Å². The fourth-order valence-corrected chi connectivity index (χ4v) is 2.11. The van der Waals surface area contributed by atoms with Gasteiger partial charge in [0.15, 0.2) is 0 Å². The number of rotatable bonds is 7. The van der Waals surface area contributed by atoms with E-state index in [0.717, 1.165) is 32.5 Å². The van der Waals surface area contributed by atoms with Crippen LogP contribution < -0.4 is 11.1 Å². The zero-order valence-corrected chi connectivity index (χ0v) is 10.2. The third-order valence-corrected chi connectivity index (χ3v) is 2.85. The maximum absolute atomic E-state index is 5.98. The quantitative estimate of drug-likeness (QED) is 0.632. The van der Waals surface area contributed by atoms with Gasteiger partial charge in [-0.15, -0.1) is 0 Å². The summed E-state index contributed by atoms with van der Waals surface area (Å²) in [7, 11) is 0. The fraction of sp³-hybridized carbons (Fsp3) is 1.00. The van der Waals surface area contributed by atoms with Gasteiger partial charge in [0.2, 0.25) is 0 Å². The summed E-state index contributed by atoms with van der Waals surface area (Å²) < 4.78 is 5.55. The van der Waals surface area contributed by atoms with E-state index in [1.807, 2.05) is 0 Å². The van der Waals surface area contributed by atoms with Crippen LogP contribution in [0.25, 0.3) is 0 Å². The molecule has 1 saturated heterocycles. The summed E-state index contributed by atoms with van der Waals surface area (Å²) in [6.07, 6.45) is 5.21. The normalized spacial score (nSPS) is 23.6. The molecule has 1 aliphatic rings. The Morgan fingerprint density at radius 3 is 2.87 bits per heavy atom. The van der Waals surface area contributed by atoms with E-state index in [0.29, 0.717) is 18.1 Å². The van der Waals surface area contributed by atoms with Crippen LogP contribution in [0, 0.1) is 5.92 Å². The smallest absolute Gasteiger partial charge is 0.0588 e. The minimum Gasteiger partial charge on any atom is -0.378 e. The summed E-state index contributed by atoms with van der Waals surface area (Å²) >= 11 is 0. The molecular formula is C12H26N2O. The minimum atomic E-state index is 0.300. The van der Waals surface area contributed by atoms with Crippen molar-refractivity contribution in [3.63, 3.8) is 0 Å². The maximum Gasteiger partial charge on any atom is 0.0588 e. The van der Waals surface area contributed by atoms with E-state index in [1.54, 1.807) is 0 Å². The molecule has 15 heavy (non-hydrogen) atoms. The van der Waals surface area contributed by atoms with E-state index in [9.17, 15) is 0 Å². The Bertz CT molecular complexity index is 156. The Balaban J connectivity index is 1.91. The van der Waals surface area contributed by atoms with Gasteiger partial charge in [-0.05, 0) is 38.1 Å². The molecular weight excluding hydrogens is 188 g/mol. The number of hydrogen-bond acceptors (Lipinski definition) is 3. The third-order valence-electron chi connectivity index (χ3n) is 2.85. The molecule has 0 bridgehead atoms. The molecule has 1 rings (SSSR count). The fourth-order valence-electron chi connectivity index (χ4n) is 2.11. The lowest BCUT2D eigenvalue weighted by molar-refractivity contribution is 0.104. The molecule has 0 aromatic carbocycles. The second-order valence-electron chi connectivity index (χ2n) is 5.02. The van der Waals surface area contributed by atoms with Gasteiger partial charge in [-0.25, -0.2) is 0 Å². The molecule has 3 N–H and O–H groups in total. The predicted octanol–water partition coefficient (Wildman–Crippen LogP) is 1.52. The number of nitrogens with two attached hydrogens (primary N) is 1. The summed E-state index contributed by atoms with van der Waals surface area (Å²) in [4.78, 5) is 0. The van der Waals surface area contributed by atoms with Crippen LogP contribution in [0.3, 0.4) is 0 Å². The van der Waals surface area contributed by atoms with E-state index in [1.165, 1.54) is 12.8 Å². The minimum absolute atomic E-state index is 0.300. The van der Waals surface area contributed by atoms with E-state index >= 15 is 0 Å². The van der Waals surface area contributed by atoms with Crippen molar-refractivity contribution in [1.82, 2.24) is 5.32 Å². The van der Waals surface area contributed by atoms with Gasteiger partial charge in [0.05, 0.1) is 6.10 Å². The molecule has 0 radical (unpaired) electrons. The number of ether oxygens (including phenoxy) is 1. The summed E-state index contributed by atoms with van der Waals surface area (Å²) in [6, 6.07) is 0.300. The van der Waals surface area contributed by atoms with Gasteiger partial charge in [-0.3, -0.25) is 0 Å². The molecule has 0 spiro atoms. The van der Waals surface area contributed by atoms with Crippen molar-refractivity contribution in [3.8, 4) is 0 Å². The van der Waals surface area contributed by atoms with Crippen LogP contribution in [0.15, 0.2) is 0 Å². The van der Waals surface area contributed by atoms with Crippen molar-refractivity contribution in [3.05, 3.63) is 0 Å². The number of hydrogen-bond donors (Lipinski definition) is 2. The summed E-state index contributed by atoms with van der Waals surface area (Å²) in [6.45, 7) is 7.36. The van der Waals surface area contributed by atoms with Gasteiger partial charge in [-0.2, -0.15) is 0 Å². The van der Waals surface area contributed by atoms with Gasteiger partial charge in [0, 0.05) is 19.2 Å². The molecule has 0 amide bonds. The second kappa shape index (κ2) is 7.20. The van der Waals surface area contributed by atoms with E-state index in [2.05, 4.69) is 19.2 Å². The monoisotopic (exact) mass is 214 g/mol. The molecule has 2 unspecified atom stereocenters. The molecule has 3 heteroatoms. The molecule has 0 saturated carbocycles. The summed E-state index contributed by atoms with van der Waals surface area (Å²) in [5.41, 5.74) is 5.98. The highest BCUT2D eigenvalue weighted by Gasteiger charge is 2.14. The average molecular weight is 214 g/mol. The van der Waals surface area contributed by atoms with Crippen molar-refractivity contribution in [2.24, 2.45) is 11.7 Å². The predicted molar refractivity (Wildman–Crippen MR) is 63.9 cm³/mol. The highest BCUT2D eigenvalue weighted by Crippen LogP contribution is 2.14. The SMILES string of the molecule is CC(C)CC(N)CNCCC1CCCO1. The standard InChI is InChI=1S/C12H26N2O/c1-10(2)8-11(13)9-14-6-5-12-4-3-7-15-12/h10-12,14H,3-9,13H2,1-2H3. The molecule has 1 heterocycles. The summed E-state index contributed by atoms with van der Waals surface area (Å²) in [5.74, 6) is 0.694. The molecule has 1 aliphatic heterocycles. The average Bonchev–Trinajstić information content (AvgIpc) is 2.63. The van der Waals surface area contributed by atoms with Crippen LogP contribution >= 0.6 is 0 Å². The van der Waals surface area contributed by atoms with Gasteiger partial charge in [-0.1, -0.05) is 13.8 Å². The van der Waals surface area contributed by atoms with Crippen LogP contribution in [0.5, 0.6) is 0 Å². The van der Waals surface area contributed by atoms with Crippen LogP contribution in [0.2, 0.25) is 0 Å². The van der Waals surface area contributed by atoms with Gasteiger partial charge in [0.1, 0.15) is 0 Å². The van der Waals surface area contributed by atoms with E-state index < -0.39 is 0 Å². The lowest BCUT2D eigenvalue weighted by atomic mass is 10.0. The first kappa shape index (κ1) is 12.9. The highest BCUT2D eigenvalue weighted by atomic mass is 16.5. The van der Waals surface area contributed by atoms with Crippen LogP contribution in [0.1, 0.15) is 39.5 Å². The lowest BCUT2D eigenvalue weighted by Gasteiger charge is -2.15. The first-order valence-electron chi connectivity index (χ1n) is 6.26. The maximum atomic E-state index is 5.98. The van der Waals surface area contributed by atoms with E-state index in [4.69, 9.17) is 10.5 Å². The zero-order chi connectivity index (χ0) is 11.1. The van der Waals surface area contributed by atoms with Crippen LogP contribution in [0.4, 0.5) is 0 Å².